The Balaban J connectivity index is 2.59. The van der Waals surface area contributed by atoms with E-state index >= 15 is 0 Å². The first kappa shape index (κ1) is 10.7. The van der Waals surface area contributed by atoms with Crippen LogP contribution in [-0.2, 0) is 4.79 Å². The van der Waals surface area contributed by atoms with Crippen LogP contribution in [0.5, 0.6) is 0 Å². The highest BCUT2D eigenvalue weighted by atomic mass is 16.4. The fourth-order valence-electron chi connectivity index (χ4n) is 1.17. The van der Waals surface area contributed by atoms with Crippen LogP contribution >= 0.6 is 0 Å². The maximum absolute atomic E-state index is 10.6. The van der Waals surface area contributed by atoms with E-state index in [0.29, 0.717) is 0 Å². The van der Waals surface area contributed by atoms with Crippen LogP contribution in [0.25, 0.3) is 0 Å². The third-order valence-corrected chi connectivity index (χ3v) is 2.05. The van der Waals surface area contributed by atoms with Crippen LogP contribution in [0, 0.1) is 0 Å². The predicted octanol–water partition coefficient (Wildman–Crippen LogP) is 1.21. The van der Waals surface area contributed by atoms with Crippen molar-refractivity contribution >= 4 is 5.97 Å². The smallest absolute Gasteiger partial charge is 0.320 e. The summed E-state index contributed by atoms with van der Waals surface area (Å²) in [5.41, 5.74) is 0.987. The maximum atomic E-state index is 10.6. The Morgan fingerprint density at radius 2 is 2.29 bits per heavy atom. The van der Waals surface area contributed by atoms with E-state index in [2.05, 4.69) is 10.3 Å². The predicted molar refractivity (Wildman–Crippen MR) is 52.9 cm³/mol. The van der Waals surface area contributed by atoms with Gasteiger partial charge in [0.15, 0.2) is 0 Å². The molecular formula is C10H14N2O2. The Kier molecular flexibility index (Phi) is 3.59. The molecule has 0 saturated heterocycles. The highest BCUT2D eigenvalue weighted by Gasteiger charge is 2.14. The monoisotopic (exact) mass is 194 g/mol. The van der Waals surface area contributed by atoms with Crippen LogP contribution in [0.3, 0.4) is 0 Å². The molecule has 0 amide bonds. The Morgan fingerprint density at radius 3 is 2.79 bits per heavy atom. The number of nitrogens with one attached hydrogen (secondary N) is 1. The summed E-state index contributed by atoms with van der Waals surface area (Å²) in [6.45, 7) is 3.53. The number of carbonyl (C=O) groups is 1. The van der Waals surface area contributed by atoms with Gasteiger partial charge in [0, 0.05) is 18.4 Å². The van der Waals surface area contributed by atoms with E-state index in [9.17, 15) is 4.79 Å². The van der Waals surface area contributed by atoms with Gasteiger partial charge in [-0.2, -0.15) is 0 Å². The first-order chi connectivity index (χ1) is 6.61. The first-order valence-electron chi connectivity index (χ1n) is 4.50. The zero-order chi connectivity index (χ0) is 10.6. The number of hydrogen-bond donors (Lipinski definition) is 2. The minimum absolute atomic E-state index is 0.00481. The van der Waals surface area contributed by atoms with Crippen molar-refractivity contribution in [3.05, 3.63) is 30.1 Å². The van der Waals surface area contributed by atoms with E-state index < -0.39 is 12.0 Å². The highest BCUT2D eigenvalue weighted by Crippen LogP contribution is 2.10. The minimum Gasteiger partial charge on any atom is -0.480 e. The maximum Gasteiger partial charge on any atom is 0.320 e. The van der Waals surface area contributed by atoms with Gasteiger partial charge in [-0.1, -0.05) is 6.07 Å². The number of pyridine rings is 1. The number of rotatable bonds is 4. The van der Waals surface area contributed by atoms with Gasteiger partial charge in [0.05, 0.1) is 0 Å². The average Bonchev–Trinajstić information content (AvgIpc) is 2.19. The van der Waals surface area contributed by atoms with Gasteiger partial charge in [-0.15, -0.1) is 0 Å². The standard InChI is InChI=1S/C10H14N2O2/c1-7(12-8(2)10(13)14)9-4-3-5-11-6-9/h3-8,12H,1-2H3,(H,13,14)/t7-,8?/m1/s1. The summed E-state index contributed by atoms with van der Waals surface area (Å²) in [7, 11) is 0. The zero-order valence-corrected chi connectivity index (χ0v) is 8.27. The molecule has 0 aliphatic carbocycles. The highest BCUT2D eigenvalue weighted by molar-refractivity contribution is 5.72. The van der Waals surface area contributed by atoms with Crippen LogP contribution in [-0.4, -0.2) is 22.1 Å². The van der Waals surface area contributed by atoms with Gasteiger partial charge in [-0.05, 0) is 25.5 Å². The Morgan fingerprint density at radius 1 is 1.57 bits per heavy atom. The molecule has 1 aromatic rings. The summed E-state index contributed by atoms with van der Waals surface area (Å²) in [5.74, 6) is -0.847. The minimum atomic E-state index is -0.847. The number of nitrogens with zero attached hydrogens (tertiary/aromatic N) is 1. The molecule has 0 aliphatic heterocycles. The molecule has 0 saturated carbocycles. The summed E-state index contributed by atoms with van der Waals surface area (Å²) in [6.07, 6.45) is 3.42. The molecule has 0 bridgehead atoms. The molecule has 4 heteroatoms. The second-order valence-electron chi connectivity index (χ2n) is 3.23. The SMILES string of the molecule is CC(N[C@H](C)c1cccnc1)C(=O)O. The summed E-state index contributed by atoms with van der Waals surface area (Å²) in [5, 5.41) is 11.7. The first-order valence-corrected chi connectivity index (χ1v) is 4.50. The van der Waals surface area contributed by atoms with E-state index in [-0.39, 0.29) is 6.04 Å². The van der Waals surface area contributed by atoms with Gasteiger partial charge >= 0.3 is 5.97 Å². The van der Waals surface area contributed by atoms with Crippen molar-refractivity contribution in [3.63, 3.8) is 0 Å². The Bertz CT molecular complexity index is 300. The molecule has 1 unspecified atom stereocenters. The lowest BCUT2D eigenvalue weighted by Gasteiger charge is -2.16. The van der Waals surface area contributed by atoms with Crippen LogP contribution in [0.2, 0.25) is 0 Å². The fourth-order valence-corrected chi connectivity index (χ4v) is 1.17. The van der Waals surface area contributed by atoms with E-state index in [1.165, 1.54) is 0 Å². The van der Waals surface area contributed by atoms with Gasteiger partial charge < -0.3 is 5.11 Å². The molecule has 0 spiro atoms. The van der Waals surface area contributed by atoms with Crippen molar-refractivity contribution in [1.82, 2.24) is 10.3 Å². The molecular weight excluding hydrogens is 180 g/mol. The summed E-state index contributed by atoms with van der Waals surface area (Å²) in [4.78, 5) is 14.6. The fraction of sp³-hybridized carbons (Fsp3) is 0.400. The quantitative estimate of drug-likeness (QED) is 0.756. The number of carboxylic acids is 1. The van der Waals surface area contributed by atoms with Crippen molar-refractivity contribution in [2.45, 2.75) is 25.9 Å². The lowest BCUT2D eigenvalue weighted by Crippen LogP contribution is -2.35. The molecule has 0 aromatic carbocycles. The van der Waals surface area contributed by atoms with Crippen molar-refractivity contribution in [1.29, 1.82) is 0 Å². The molecule has 0 radical (unpaired) electrons. The lowest BCUT2D eigenvalue weighted by molar-refractivity contribution is -0.139. The van der Waals surface area contributed by atoms with Crippen molar-refractivity contribution in [2.75, 3.05) is 0 Å². The molecule has 1 rings (SSSR count). The second-order valence-corrected chi connectivity index (χ2v) is 3.23. The van der Waals surface area contributed by atoms with Crippen LogP contribution in [0.15, 0.2) is 24.5 Å². The summed E-state index contributed by atoms with van der Waals surface area (Å²) in [6, 6.07) is 3.19. The molecule has 2 N–H and O–H groups in total. The van der Waals surface area contributed by atoms with Crippen LogP contribution < -0.4 is 5.32 Å². The van der Waals surface area contributed by atoms with Crippen LogP contribution in [0.4, 0.5) is 0 Å². The van der Waals surface area contributed by atoms with Crippen molar-refractivity contribution in [3.8, 4) is 0 Å². The van der Waals surface area contributed by atoms with E-state index in [1.54, 1.807) is 19.3 Å². The Hall–Kier alpha value is -1.42. The summed E-state index contributed by atoms with van der Waals surface area (Å²) < 4.78 is 0. The van der Waals surface area contributed by atoms with Crippen molar-refractivity contribution < 1.29 is 9.90 Å². The van der Waals surface area contributed by atoms with Crippen LogP contribution in [0.1, 0.15) is 25.5 Å². The molecule has 0 fully saturated rings. The van der Waals surface area contributed by atoms with Gasteiger partial charge in [0.2, 0.25) is 0 Å². The topological polar surface area (TPSA) is 62.2 Å². The molecule has 76 valence electrons. The number of carboxylic acid groups (broad SMARTS) is 1. The van der Waals surface area contributed by atoms with Gasteiger partial charge in [-0.3, -0.25) is 15.1 Å². The third kappa shape index (κ3) is 2.81. The molecule has 1 aromatic heterocycles. The molecule has 4 nitrogen and oxygen atoms in total. The zero-order valence-electron chi connectivity index (χ0n) is 8.27. The second kappa shape index (κ2) is 4.72. The number of aliphatic carboxylic acids is 1. The van der Waals surface area contributed by atoms with E-state index in [4.69, 9.17) is 5.11 Å². The molecule has 14 heavy (non-hydrogen) atoms. The normalized spacial score (nSPS) is 14.7. The van der Waals surface area contributed by atoms with E-state index in [0.717, 1.165) is 5.56 Å². The molecule has 2 atom stereocenters. The largest absolute Gasteiger partial charge is 0.480 e. The lowest BCUT2D eigenvalue weighted by atomic mass is 10.1. The Labute approximate surface area is 83.0 Å². The van der Waals surface area contributed by atoms with Crippen molar-refractivity contribution in [2.24, 2.45) is 0 Å². The number of hydrogen-bond acceptors (Lipinski definition) is 3. The molecule has 1 heterocycles. The van der Waals surface area contributed by atoms with Gasteiger partial charge in [0.25, 0.3) is 0 Å². The molecule has 0 aliphatic rings. The summed E-state index contributed by atoms with van der Waals surface area (Å²) >= 11 is 0. The van der Waals surface area contributed by atoms with Gasteiger partial charge in [0.1, 0.15) is 6.04 Å². The average molecular weight is 194 g/mol. The number of aromatic nitrogens is 1. The van der Waals surface area contributed by atoms with Gasteiger partial charge in [-0.25, -0.2) is 0 Å². The third-order valence-electron chi connectivity index (χ3n) is 2.05. The van der Waals surface area contributed by atoms with E-state index in [1.807, 2.05) is 19.1 Å².